The lowest BCUT2D eigenvalue weighted by Crippen LogP contribution is -2.41. The van der Waals surface area contributed by atoms with Crippen LogP contribution in [0, 0.1) is 5.41 Å². The number of aromatic nitrogens is 2. The van der Waals surface area contributed by atoms with Gasteiger partial charge in [-0.1, -0.05) is 37.1 Å². The van der Waals surface area contributed by atoms with Crippen LogP contribution in [0.1, 0.15) is 50.2 Å². The highest BCUT2D eigenvalue weighted by molar-refractivity contribution is 5.80. The van der Waals surface area contributed by atoms with E-state index in [4.69, 9.17) is 4.99 Å². The SMILES string of the molecule is CCNC(=NCc1cccc(Cn2ccnc2)c1)N1CCC2(CCCC2)C1. The molecule has 1 aliphatic carbocycles. The molecule has 0 amide bonds. The fraction of sp³-hybridized carbons (Fsp3) is 0.545. The number of aliphatic imine (C=N–C) groups is 1. The van der Waals surface area contributed by atoms with Gasteiger partial charge in [-0.2, -0.15) is 0 Å². The number of nitrogens with one attached hydrogen (secondary N) is 1. The minimum absolute atomic E-state index is 0.570. The van der Waals surface area contributed by atoms with Crippen molar-refractivity contribution in [3.63, 3.8) is 0 Å². The maximum atomic E-state index is 4.97. The first kappa shape index (κ1) is 18.1. The zero-order valence-corrected chi connectivity index (χ0v) is 16.4. The average molecular weight is 366 g/mol. The third-order valence-electron chi connectivity index (χ3n) is 6.06. The maximum Gasteiger partial charge on any atom is 0.194 e. The lowest BCUT2D eigenvalue weighted by atomic mass is 9.86. The van der Waals surface area contributed by atoms with E-state index in [1.54, 1.807) is 0 Å². The smallest absolute Gasteiger partial charge is 0.194 e. The van der Waals surface area contributed by atoms with Crippen molar-refractivity contribution in [2.24, 2.45) is 10.4 Å². The molecule has 2 heterocycles. The van der Waals surface area contributed by atoms with E-state index in [-0.39, 0.29) is 0 Å². The Morgan fingerprint density at radius 3 is 2.85 bits per heavy atom. The van der Waals surface area contributed by atoms with E-state index < -0.39 is 0 Å². The number of rotatable bonds is 5. The number of hydrogen-bond acceptors (Lipinski definition) is 2. The summed E-state index contributed by atoms with van der Waals surface area (Å²) in [5.74, 6) is 1.08. The first-order valence-electron chi connectivity index (χ1n) is 10.3. The molecule has 144 valence electrons. The van der Waals surface area contributed by atoms with E-state index in [2.05, 4.69) is 51.0 Å². The molecular formula is C22H31N5. The quantitative estimate of drug-likeness (QED) is 0.650. The summed E-state index contributed by atoms with van der Waals surface area (Å²) in [7, 11) is 0. The summed E-state index contributed by atoms with van der Waals surface area (Å²) in [6, 6.07) is 8.73. The molecule has 1 aromatic carbocycles. The van der Waals surface area contributed by atoms with E-state index in [1.807, 2.05) is 18.7 Å². The molecule has 5 heteroatoms. The third-order valence-corrected chi connectivity index (χ3v) is 6.06. The van der Waals surface area contributed by atoms with Crippen molar-refractivity contribution in [1.29, 1.82) is 0 Å². The van der Waals surface area contributed by atoms with Gasteiger partial charge >= 0.3 is 0 Å². The van der Waals surface area contributed by atoms with Gasteiger partial charge in [0.25, 0.3) is 0 Å². The number of imidazole rings is 1. The van der Waals surface area contributed by atoms with Gasteiger partial charge in [0.05, 0.1) is 12.9 Å². The molecule has 27 heavy (non-hydrogen) atoms. The summed E-state index contributed by atoms with van der Waals surface area (Å²) in [4.78, 5) is 11.6. The number of nitrogens with zero attached hydrogens (tertiary/aromatic N) is 4. The third kappa shape index (κ3) is 4.34. The van der Waals surface area contributed by atoms with Crippen LogP contribution in [-0.2, 0) is 13.1 Å². The Hall–Kier alpha value is -2.30. The largest absolute Gasteiger partial charge is 0.357 e. The lowest BCUT2D eigenvalue weighted by molar-refractivity contribution is 0.309. The van der Waals surface area contributed by atoms with Crippen molar-refractivity contribution in [3.05, 3.63) is 54.1 Å². The molecule has 1 aromatic heterocycles. The molecule has 1 saturated carbocycles. The molecule has 2 aromatic rings. The predicted molar refractivity (Wildman–Crippen MR) is 110 cm³/mol. The molecule has 1 aliphatic heterocycles. The monoisotopic (exact) mass is 365 g/mol. The lowest BCUT2D eigenvalue weighted by Gasteiger charge is -2.26. The highest BCUT2D eigenvalue weighted by Gasteiger charge is 2.41. The molecule has 2 fully saturated rings. The minimum Gasteiger partial charge on any atom is -0.357 e. The van der Waals surface area contributed by atoms with Gasteiger partial charge in [0, 0.05) is 38.6 Å². The second-order valence-electron chi connectivity index (χ2n) is 8.10. The molecular weight excluding hydrogens is 334 g/mol. The van der Waals surface area contributed by atoms with Crippen molar-refractivity contribution in [3.8, 4) is 0 Å². The number of benzene rings is 1. The summed E-state index contributed by atoms with van der Waals surface area (Å²) in [6.07, 6.45) is 12.6. The number of hydrogen-bond donors (Lipinski definition) is 1. The van der Waals surface area contributed by atoms with Crippen LogP contribution in [-0.4, -0.2) is 40.0 Å². The zero-order chi connectivity index (χ0) is 18.5. The first-order chi connectivity index (χ1) is 13.3. The van der Waals surface area contributed by atoms with Crippen LogP contribution in [0.3, 0.4) is 0 Å². The van der Waals surface area contributed by atoms with Crippen molar-refractivity contribution in [2.75, 3.05) is 19.6 Å². The highest BCUT2D eigenvalue weighted by atomic mass is 15.3. The molecule has 4 rings (SSSR count). The highest BCUT2D eigenvalue weighted by Crippen LogP contribution is 2.45. The van der Waals surface area contributed by atoms with Crippen LogP contribution in [0.5, 0.6) is 0 Å². The molecule has 0 bridgehead atoms. The van der Waals surface area contributed by atoms with Crippen LogP contribution >= 0.6 is 0 Å². The average Bonchev–Trinajstić information content (AvgIpc) is 3.43. The van der Waals surface area contributed by atoms with Gasteiger partial charge in [-0.15, -0.1) is 0 Å². The van der Waals surface area contributed by atoms with Crippen molar-refractivity contribution in [2.45, 2.75) is 52.1 Å². The Balaban J connectivity index is 1.43. The summed E-state index contributed by atoms with van der Waals surface area (Å²) in [6.45, 7) is 6.98. The van der Waals surface area contributed by atoms with Crippen LogP contribution in [0.4, 0.5) is 0 Å². The Bertz CT molecular complexity index is 759. The van der Waals surface area contributed by atoms with Gasteiger partial charge in [-0.25, -0.2) is 9.98 Å². The van der Waals surface area contributed by atoms with Gasteiger partial charge in [-0.3, -0.25) is 0 Å². The van der Waals surface area contributed by atoms with Gasteiger partial charge in [0.2, 0.25) is 0 Å². The standard InChI is InChI=1S/C22H31N5/c1-2-24-21(27-12-10-22(17-27)8-3-4-9-22)25-15-19-6-5-7-20(14-19)16-26-13-11-23-18-26/h5-7,11,13-14,18H,2-4,8-10,12,15-17H2,1H3,(H,24,25). The van der Waals surface area contributed by atoms with Crippen LogP contribution in [0.15, 0.2) is 48.0 Å². The zero-order valence-electron chi connectivity index (χ0n) is 16.4. The van der Waals surface area contributed by atoms with Crippen molar-refractivity contribution in [1.82, 2.24) is 19.8 Å². The van der Waals surface area contributed by atoms with E-state index in [0.29, 0.717) is 5.41 Å². The summed E-state index contributed by atoms with van der Waals surface area (Å²) < 4.78 is 2.09. The fourth-order valence-electron chi connectivity index (χ4n) is 4.66. The van der Waals surface area contributed by atoms with Gasteiger partial charge in [0.15, 0.2) is 5.96 Å². The predicted octanol–water partition coefficient (Wildman–Crippen LogP) is 3.66. The molecule has 2 aliphatic rings. The molecule has 0 radical (unpaired) electrons. The van der Waals surface area contributed by atoms with Gasteiger partial charge in [-0.05, 0) is 42.7 Å². The number of guanidine groups is 1. The molecule has 1 N–H and O–H groups in total. The van der Waals surface area contributed by atoms with E-state index >= 15 is 0 Å². The first-order valence-corrected chi connectivity index (χ1v) is 10.3. The van der Waals surface area contributed by atoms with Crippen molar-refractivity contribution < 1.29 is 0 Å². The normalized spacial score (nSPS) is 19.1. The van der Waals surface area contributed by atoms with E-state index in [9.17, 15) is 0 Å². The second kappa shape index (κ2) is 8.15. The molecule has 1 spiro atoms. The Kier molecular flexibility index (Phi) is 5.46. The molecule has 0 unspecified atom stereocenters. The summed E-state index contributed by atoms with van der Waals surface area (Å²) >= 11 is 0. The summed E-state index contributed by atoms with van der Waals surface area (Å²) in [5, 5.41) is 3.52. The van der Waals surface area contributed by atoms with Crippen LogP contribution < -0.4 is 5.32 Å². The number of likely N-dealkylation sites (tertiary alicyclic amines) is 1. The molecule has 1 saturated heterocycles. The Morgan fingerprint density at radius 2 is 2.07 bits per heavy atom. The molecule has 5 nitrogen and oxygen atoms in total. The van der Waals surface area contributed by atoms with Gasteiger partial charge in [0.1, 0.15) is 0 Å². The van der Waals surface area contributed by atoms with Crippen molar-refractivity contribution >= 4 is 5.96 Å². The van der Waals surface area contributed by atoms with E-state index in [1.165, 1.54) is 49.8 Å². The Morgan fingerprint density at radius 1 is 1.22 bits per heavy atom. The van der Waals surface area contributed by atoms with E-state index in [0.717, 1.165) is 32.1 Å². The second-order valence-corrected chi connectivity index (χ2v) is 8.10. The van der Waals surface area contributed by atoms with Gasteiger partial charge < -0.3 is 14.8 Å². The van der Waals surface area contributed by atoms with Crippen LogP contribution in [0.2, 0.25) is 0 Å². The van der Waals surface area contributed by atoms with Crippen LogP contribution in [0.25, 0.3) is 0 Å². The molecule has 0 atom stereocenters. The minimum atomic E-state index is 0.570. The Labute approximate surface area is 162 Å². The summed E-state index contributed by atoms with van der Waals surface area (Å²) in [5.41, 5.74) is 3.12. The maximum absolute atomic E-state index is 4.97. The fourth-order valence-corrected chi connectivity index (χ4v) is 4.66. The topological polar surface area (TPSA) is 45.5 Å².